The summed E-state index contributed by atoms with van der Waals surface area (Å²) in [5, 5.41) is 8.95. The summed E-state index contributed by atoms with van der Waals surface area (Å²) in [7, 11) is 0. The van der Waals surface area contributed by atoms with Gasteiger partial charge in [-0.3, -0.25) is 0 Å². The second kappa shape index (κ2) is 3.38. The van der Waals surface area contributed by atoms with Crippen LogP contribution in [0, 0.1) is 6.92 Å². The summed E-state index contributed by atoms with van der Waals surface area (Å²) in [5.74, 6) is 0. The summed E-state index contributed by atoms with van der Waals surface area (Å²) >= 11 is 0. The average molecular weight is 177 g/mol. The highest BCUT2D eigenvalue weighted by Gasteiger charge is 2.15. The molecule has 0 unspecified atom stereocenters. The molecule has 0 amide bonds. The average Bonchev–Trinajstić information content (AvgIpc) is 2.05. The minimum Gasteiger partial charge on any atom is -0.392 e. The second-order valence-electron chi connectivity index (χ2n) is 3.62. The van der Waals surface area contributed by atoms with Gasteiger partial charge in [0, 0.05) is 18.8 Å². The Kier molecular flexibility index (Phi) is 2.23. The molecule has 0 bridgehead atoms. The maximum atomic E-state index is 8.95. The number of anilines is 1. The number of benzene rings is 1. The lowest BCUT2D eigenvalue weighted by Crippen LogP contribution is -2.37. The molecule has 1 heterocycles. The highest BCUT2D eigenvalue weighted by Crippen LogP contribution is 2.25. The van der Waals surface area contributed by atoms with E-state index in [1.165, 1.54) is 30.8 Å². The predicted octanol–water partition coefficient (Wildman–Crippen LogP) is 1.70. The van der Waals surface area contributed by atoms with Gasteiger partial charge >= 0.3 is 0 Å². The lowest BCUT2D eigenvalue weighted by Gasteiger charge is -2.34. The van der Waals surface area contributed by atoms with Crippen molar-refractivity contribution >= 4 is 5.69 Å². The minimum absolute atomic E-state index is 0.140. The molecule has 0 aromatic heterocycles. The molecule has 2 heteroatoms. The number of aliphatic hydroxyl groups is 1. The van der Waals surface area contributed by atoms with Crippen molar-refractivity contribution in [1.29, 1.82) is 0 Å². The first-order chi connectivity index (χ1) is 6.31. The normalized spacial score (nSPS) is 15.7. The summed E-state index contributed by atoms with van der Waals surface area (Å²) in [6, 6.07) is 6.17. The number of nitrogens with zero attached hydrogens (tertiary/aromatic N) is 1. The Morgan fingerprint density at radius 2 is 2.15 bits per heavy atom. The van der Waals surface area contributed by atoms with Crippen molar-refractivity contribution in [2.45, 2.75) is 20.0 Å². The molecule has 1 aromatic rings. The predicted molar refractivity (Wildman–Crippen MR) is 53.9 cm³/mol. The van der Waals surface area contributed by atoms with E-state index in [1.807, 2.05) is 6.07 Å². The third-order valence-corrected chi connectivity index (χ3v) is 2.64. The molecule has 2 rings (SSSR count). The van der Waals surface area contributed by atoms with Crippen molar-refractivity contribution in [2.75, 3.05) is 18.0 Å². The van der Waals surface area contributed by atoms with Gasteiger partial charge in [0.15, 0.2) is 0 Å². The zero-order valence-electron chi connectivity index (χ0n) is 7.95. The molecule has 0 aliphatic carbocycles. The zero-order valence-corrected chi connectivity index (χ0v) is 7.95. The maximum Gasteiger partial charge on any atom is 0.0681 e. The molecule has 1 N–H and O–H groups in total. The number of hydrogen-bond donors (Lipinski definition) is 1. The molecule has 1 aliphatic rings. The van der Waals surface area contributed by atoms with E-state index in [1.54, 1.807) is 0 Å². The van der Waals surface area contributed by atoms with Crippen LogP contribution in [0.4, 0.5) is 5.69 Å². The van der Waals surface area contributed by atoms with Gasteiger partial charge in [-0.1, -0.05) is 12.1 Å². The Balaban J connectivity index is 2.26. The van der Waals surface area contributed by atoms with E-state index in [2.05, 4.69) is 24.0 Å². The molecular formula is C11H15NO. The van der Waals surface area contributed by atoms with Crippen LogP contribution >= 0.6 is 0 Å². The van der Waals surface area contributed by atoms with Crippen molar-refractivity contribution in [1.82, 2.24) is 0 Å². The summed E-state index contributed by atoms with van der Waals surface area (Å²) in [6.45, 7) is 4.60. The zero-order chi connectivity index (χ0) is 9.26. The molecule has 1 aromatic carbocycles. The summed E-state index contributed by atoms with van der Waals surface area (Å²) in [4.78, 5) is 2.37. The molecule has 1 aliphatic heterocycles. The number of aliphatic hydroxyl groups excluding tert-OH is 1. The molecular weight excluding hydrogens is 162 g/mol. The molecule has 0 spiro atoms. The van der Waals surface area contributed by atoms with E-state index in [9.17, 15) is 0 Å². The van der Waals surface area contributed by atoms with E-state index in [-0.39, 0.29) is 6.61 Å². The van der Waals surface area contributed by atoms with Gasteiger partial charge in [-0.2, -0.15) is 0 Å². The quantitative estimate of drug-likeness (QED) is 0.743. The monoisotopic (exact) mass is 177 g/mol. The SMILES string of the molecule is Cc1cc(CO)ccc1N1CCC1. The van der Waals surface area contributed by atoms with Crippen LogP contribution in [-0.2, 0) is 6.61 Å². The van der Waals surface area contributed by atoms with Gasteiger partial charge in [-0.15, -0.1) is 0 Å². The Bertz CT molecular complexity index is 305. The van der Waals surface area contributed by atoms with Gasteiger partial charge in [-0.05, 0) is 30.5 Å². The molecule has 2 nitrogen and oxygen atoms in total. The molecule has 70 valence electrons. The first kappa shape index (κ1) is 8.57. The van der Waals surface area contributed by atoms with Gasteiger partial charge in [0.2, 0.25) is 0 Å². The lowest BCUT2D eigenvalue weighted by molar-refractivity contribution is 0.282. The Hall–Kier alpha value is -1.02. The van der Waals surface area contributed by atoms with E-state index >= 15 is 0 Å². The largest absolute Gasteiger partial charge is 0.392 e. The standard InChI is InChI=1S/C11H15NO/c1-9-7-10(8-13)3-4-11(9)12-5-2-6-12/h3-4,7,13H,2,5-6,8H2,1H3. The number of aryl methyl sites for hydroxylation is 1. The molecule has 0 saturated carbocycles. The Morgan fingerprint density at radius 3 is 2.62 bits per heavy atom. The molecule has 13 heavy (non-hydrogen) atoms. The first-order valence-corrected chi connectivity index (χ1v) is 4.76. The van der Waals surface area contributed by atoms with Crippen molar-refractivity contribution in [3.05, 3.63) is 29.3 Å². The van der Waals surface area contributed by atoms with Gasteiger partial charge in [0.25, 0.3) is 0 Å². The lowest BCUT2D eigenvalue weighted by atomic mass is 10.1. The second-order valence-corrected chi connectivity index (χ2v) is 3.62. The Labute approximate surface area is 78.8 Å². The van der Waals surface area contributed by atoms with Crippen LogP contribution in [0.5, 0.6) is 0 Å². The van der Waals surface area contributed by atoms with Gasteiger partial charge in [0.05, 0.1) is 6.61 Å². The van der Waals surface area contributed by atoms with Crippen molar-refractivity contribution in [2.24, 2.45) is 0 Å². The van der Waals surface area contributed by atoms with Crippen LogP contribution in [0.1, 0.15) is 17.5 Å². The summed E-state index contributed by atoms with van der Waals surface area (Å²) < 4.78 is 0. The van der Waals surface area contributed by atoms with Crippen molar-refractivity contribution in [3.63, 3.8) is 0 Å². The first-order valence-electron chi connectivity index (χ1n) is 4.76. The molecule has 1 fully saturated rings. The van der Waals surface area contributed by atoms with Crippen LogP contribution in [0.3, 0.4) is 0 Å². The van der Waals surface area contributed by atoms with Crippen LogP contribution < -0.4 is 4.90 Å². The maximum absolute atomic E-state index is 8.95. The Morgan fingerprint density at radius 1 is 1.38 bits per heavy atom. The highest BCUT2D eigenvalue weighted by atomic mass is 16.3. The van der Waals surface area contributed by atoms with Gasteiger partial charge in [-0.25, -0.2) is 0 Å². The number of rotatable bonds is 2. The van der Waals surface area contributed by atoms with Crippen molar-refractivity contribution < 1.29 is 5.11 Å². The fourth-order valence-corrected chi connectivity index (χ4v) is 1.73. The van der Waals surface area contributed by atoms with E-state index in [0.717, 1.165) is 5.56 Å². The van der Waals surface area contributed by atoms with E-state index < -0.39 is 0 Å². The smallest absolute Gasteiger partial charge is 0.0681 e. The number of hydrogen-bond acceptors (Lipinski definition) is 2. The fourth-order valence-electron chi connectivity index (χ4n) is 1.73. The highest BCUT2D eigenvalue weighted by molar-refractivity contribution is 5.55. The topological polar surface area (TPSA) is 23.5 Å². The minimum atomic E-state index is 0.140. The van der Waals surface area contributed by atoms with Gasteiger partial charge in [0.1, 0.15) is 0 Å². The third-order valence-electron chi connectivity index (χ3n) is 2.64. The molecule has 1 saturated heterocycles. The molecule has 0 atom stereocenters. The van der Waals surface area contributed by atoms with Crippen molar-refractivity contribution in [3.8, 4) is 0 Å². The summed E-state index contributed by atoms with van der Waals surface area (Å²) in [6.07, 6.45) is 1.31. The fraction of sp³-hybridized carbons (Fsp3) is 0.455. The third kappa shape index (κ3) is 1.54. The van der Waals surface area contributed by atoms with Crippen LogP contribution in [0.25, 0.3) is 0 Å². The van der Waals surface area contributed by atoms with Gasteiger partial charge < -0.3 is 10.0 Å². The van der Waals surface area contributed by atoms with Crippen LogP contribution in [0.2, 0.25) is 0 Å². The van der Waals surface area contributed by atoms with Crippen LogP contribution in [0.15, 0.2) is 18.2 Å². The van der Waals surface area contributed by atoms with E-state index in [0.29, 0.717) is 0 Å². The molecule has 0 radical (unpaired) electrons. The van der Waals surface area contributed by atoms with E-state index in [4.69, 9.17) is 5.11 Å². The van der Waals surface area contributed by atoms with Crippen LogP contribution in [-0.4, -0.2) is 18.2 Å². The summed E-state index contributed by atoms with van der Waals surface area (Å²) in [5.41, 5.74) is 3.59.